The Morgan fingerprint density at radius 1 is 1.22 bits per heavy atom. The van der Waals surface area contributed by atoms with E-state index in [2.05, 4.69) is 38.7 Å². The second-order valence-corrected chi connectivity index (χ2v) is 5.02. The molecule has 0 aromatic heterocycles. The van der Waals surface area contributed by atoms with Gasteiger partial charge in [-0.25, -0.2) is 0 Å². The molecule has 1 aliphatic rings. The van der Waals surface area contributed by atoms with Crippen LogP contribution in [0.4, 0.5) is 0 Å². The van der Waals surface area contributed by atoms with Gasteiger partial charge in [0.05, 0.1) is 6.04 Å². The molecular formula is C15H23NO2. The summed E-state index contributed by atoms with van der Waals surface area (Å²) < 4.78 is 5.83. The van der Waals surface area contributed by atoms with E-state index in [0.29, 0.717) is 6.61 Å². The molecule has 2 atom stereocenters. The highest BCUT2D eigenvalue weighted by atomic mass is 16.5. The van der Waals surface area contributed by atoms with E-state index in [4.69, 9.17) is 4.74 Å². The molecule has 0 fully saturated rings. The van der Waals surface area contributed by atoms with Gasteiger partial charge >= 0.3 is 0 Å². The minimum atomic E-state index is -0.451. The Morgan fingerprint density at radius 3 is 2.44 bits per heavy atom. The summed E-state index contributed by atoms with van der Waals surface area (Å²) in [6.45, 7) is 10.8. The molecule has 0 amide bonds. The van der Waals surface area contributed by atoms with Crippen LogP contribution in [0.3, 0.4) is 0 Å². The van der Waals surface area contributed by atoms with E-state index in [-0.39, 0.29) is 6.04 Å². The number of hydrogen-bond donors (Lipinski definition) is 1. The zero-order chi connectivity index (χ0) is 13.3. The van der Waals surface area contributed by atoms with Gasteiger partial charge in [0.15, 0.2) is 0 Å². The van der Waals surface area contributed by atoms with Gasteiger partial charge in [0.2, 0.25) is 0 Å². The average Bonchev–Trinajstić information content (AvgIpc) is 2.36. The fourth-order valence-corrected chi connectivity index (χ4v) is 2.64. The first-order chi connectivity index (χ1) is 8.58. The number of nitrogens with zero attached hydrogens (tertiary/aromatic N) is 1. The quantitative estimate of drug-likeness (QED) is 0.893. The summed E-state index contributed by atoms with van der Waals surface area (Å²) in [5.74, 6) is 0.842. The monoisotopic (exact) mass is 249 g/mol. The molecule has 3 nitrogen and oxygen atoms in total. The highest BCUT2D eigenvalue weighted by Gasteiger charge is 2.32. The maximum absolute atomic E-state index is 10.5. The van der Waals surface area contributed by atoms with E-state index in [9.17, 15) is 5.11 Å². The zero-order valence-electron chi connectivity index (χ0n) is 11.7. The number of benzene rings is 1. The Labute approximate surface area is 109 Å². The molecule has 0 saturated carbocycles. The summed E-state index contributed by atoms with van der Waals surface area (Å²) in [6, 6.07) is 4.16. The van der Waals surface area contributed by atoms with E-state index in [1.54, 1.807) is 0 Å². The van der Waals surface area contributed by atoms with Gasteiger partial charge < -0.3 is 9.84 Å². The Bertz CT molecular complexity index is 427. The average molecular weight is 249 g/mol. The highest BCUT2D eigenvalue weighted by Crippen LogP contribution is 2.36. The number of ether oxygens (including phenoxy) is 1. The topological polar surface area (TPSA) is 32.7 Å². The van der Waals surface area contributed by atoms with E-state index in [1.807, 2.05) is 6.07 Å². The second kappa shape index (κ2) is 5.29. The fraction of sp³-hybridized carbons (Fsp3) is 0.600. The molecule has 0 radical (unpaired) electrons. The van der Waals surface area contributed by atoms with Crippen LogP contribution in [0, 0.1) is 13.8 Å². The van der Waals surface area contributed by atoms with Gasteiger partial charge in [0, 0.05) is 5.56 Å². The standard InChI is InChI=1S/C15H23NO2/c1-5-16(6-2)13-9-18-14-8-11(4)10(3)7-12(14)15(13)17/h7-8,13,15,17H,5-6,9H2,1-4H3. The van der Waals surface area contributed by atoms with Gasteiger partial charge in [-0.1, -0.05) is 13.8 Å². The molecule has 18 heavy (non-hydrogen) atoms. The Balaban J connectivity index is 2.33. The lowest BCUT2D eigenvalue weighted by molar-refractivity contribution is 0.00781. The molecular weight excluding hydrogens is 226 g/mol. The summed E-state index contributed by atoms with van der Waals surface area (Å²) >= 11 is 0. The van der Waals surface area contributed by atoms with Crippen molar-refractivity contribution in [2.24, 2.45) is 0 Å². The molecule has 1 aliphatic heterocycles. The lowest BCUT2D eigenvalue weighted by Crippen LogP contribution is -2.45. The molecule has 1 N–H and O–H groups in total. The van der Waals surface area contributed by atoms with Crippen molar-refractivity contribution in [3.8, 4) is 5.75 Å². The Hall–Kier alpha value is -1.06. The molecule has 0 bridgehead atoms. The summed E-state index contributed by atoms with van der Waals surface area (Å²) in [6.07, 6.45) is -0.451. The van der Waals surface area contributed by atoms with Crippen molar-refractivity contribution in [1.82, 2.24) is 4.90 Å². The van der Waals surface area contributed by atoms with Crippen LogP contribution in [0.25, 0.3) is 0 Å². The number of aliphatic hydroxyl groups excluding tert-OH is 1. The molecule has 1 aromatic rings. The molecule has 2 unspecified atom stereocenters. The van der Waals surface area contributed by atoms with E-state index < -0.39 is 6.10 Å². The van der Waals surface area contributed by atoms with Crippen LogP contribution in [0.5, 0.6) is 5.75 Å². The van der Waals surface area contributed by atoms with Crippen LogP contribution in [-0.4, -0.2) is 35.7 Å². The maximum Gasteiger partial charge on any atom is 0.125 e. The molecule has 2 rings (SSSR count). The number of aryl methyl sites for hydroxylation is 2. The summed E-state index contributed by atoms with van der Waals surface area (Å²) in [7, 11) is 0. The van der Waals surface area contributed by atoms with Crippen molar-refractivity contribution in [1.29, 1.82) is 0 Å². The largest absolute Gasteiger partial charge is 0.491 e. The minimum Gasteiger partial charge on any atom is -0.491 e. The fourth-order valence-electron chi connectivity index (χ4n) is 2.64. The van der Waals surface area contributed by atoms with E-state index in [0.717, 1.165) is 24.4 Å². The minimum absolute atomic E-state index is 0.0645. The van der Waals surface area contributed by atoms with Crippen molar-refractivity contribution in [3.63, 3.8) is 0 Å². The molecule has 1 aromatic carbocycles. The van der Waals surface area contributed by atoms with Crippen molar-refractivity contribution in [2.45, 2.75) is 39.8 Å². The predicted octanol–water partition coefficient (Wildman–Crippen LogP) is 2.44. The molecule has 3 heteroatoms. The van der Waals surface area contributed by atoms with Gasteiger partial charge in [-0.05, 0) is 50.2 Å². The lowest BCUT2D eigenvalue weighted by atomic mass is 9.94. The Morgan fingerprint density at radius 2 is 1.83 bits per heavy atom. The third-order valence-corrected chi connectivity index (χ3v) is 4.00. The van der Waals surface area contributed by atoms with Crippen LogP contribution < -0.4 is 4.74 Å². The van der Waals surface area contributed by atoms with E-state index in [1.165, 1.54) is 11.1 Å². The smallest absolute Gasteiger partial charge is 0.125 e. The third-order valence-electron chi connectivity index (χ3n) is 4.00. The van der Waals surface area contributed by atoms with Crippen LogP contribution in [0.1, 0.15) is 36.6 Å². The van der Waals surface area contributed by atoms with E-state index >= 15 is 0 Å². The van der Waals surface area contributed by atoms with Crippen molar-refractivity contribution >= 4 is 0 Å². The Kier molecular flexibility index (Phi) is 3.93. The number of rotatable bonds is 3. The van der Waals surface area contributed by atoms with Gasteiger partial charge in [0.1, 0.15) is 18.5 Å². The van der Waals surface area contributed by atoms with Gasteiger partial charge in [-0.3, -0.25) is 4.90 Å². The predicted molar refractivity (Wildman–Crippen MR) is 73.1 cm³/mol. The maximum atomic E-state index is 10.5. The molecule has 0 saturated heterocycles. The molecule has 1 heterocycles. The molecule has 0 spiro atoms. The SMILES string of the molecule is CCN(CC)C1COc2cc(C)c(C)cc2C1O. The third kappa shape index (κ3) is 2.25. The van der Waals surface area contributed by atoms with Crippen LogP contribution >= 0.6 is 0 Å². The molecule has 100 valence electrons. The van der Waals surface area contributed by atoms with Gasteiger partial charge in [-0.2, -0.15) is 0 Å². The van der Waals surface area contributed by atoms with Crippen LogP contribution in [0.15, 0.2) is 12.1 Å². The lowest BCUT2D eigenvalue weighted by Gasteiger charge is -2.37. The first-order valence-corrected chi connectivity index (χ1v) is 6.74. The van der Waals surface area contributed by atoms with Crippen molar-refractivity contribution in [3.05, 3.63) is 28.8 Å². The number of aliphatic hydroxyl groups is 1. The number of hydrogen-bond acceptors (Lipinski definition) is 3. The van der Waals surface area contributed by atoms with Crippen LogP contribution in [0.2, 0.25) is 0 Å². The molecule has 0 aliphatic carbocycles. The van der Waals surface area contributed by atoms with Crippen LogP contribution in [-0.2, 0) is 0 Å². The number of fused-ring (bicyclic) bond motifs is 1. The second-order valence-electron chi connectivity index (χ2n) is 5.02. The number of likely N-dealkylation sites (N-methyl/N-ethyl adjacent to an activating group) is 1. The van der Waals surface area contributed by atoms with Crippen molar-refractivity contribution < 1.29 is 9.84 Å². The van der Waals surface area contributed by atoms with Gasteiger partial charge in [0.25, 0.3) is 0 Å². The highest BCUT2D eigenvalue weighted by molar-refractivity contribution is 5.44. The summed E-state index contributed by atoms with van der Waals surface area (Å²) in [4.78, 5) is 2.25. The summed E-state index contributed by atoms with van der Waals surface area (Å²) in [5.41, 5.74) is 3.35. The zero-order valence-corrected chi connectivity index (χ0v) is 11.7. The first-order valence-electron chi connectivity index (χ1n) is 6.74. The normalized spacial score (nSPS) is 22.8. The van der Waals surface area contributed by atoms with Crippen molar-refractivity contribution in [2.75, 3.05) is 19.7 Å². The first kappa shape index (κ1) is 13.4. The van der Waals surface area contributed by atoms with Gasteiger partial charge in [-0.15, -0.1) is 0 Å². The summed E-state index contributed by atoms with van der Waals surface area (Å²) in [5, 5.41) is 10.5.